The standard InChI is InChI=1S/C12H19N3O2S/c1-4-6-13-12-14-8-9(2)11(15-12)18-7-5-10(16)17-3/h8H,4-7H2,1-3H3,(H,13,14,15). The lowest BCUT2D eigenvalue weighted by molar-refractivity contribution is -0.140. The highest BCUT2D eigenvalue weighted by atomic mass is 32.2. The molecule has 18 heavy (non-hydrogen) atoms. The summed E-state index contributed by atoms with van der Waals surface area (Å²) in [6.45, 7) is 4.91. The lowest BCUT2D eigenvalue weighted by atomic mass is 10.4. The highest BCUT2D eigenvalue weighted by Gasteiger charge is 2.06. The van der Waals surface area contributed by atoms with Gasteiger partial charge in [-0.05, 0) is 18.9 Å². The van der Waals surface area contributed by atoms with Crippen LogP contribution in [0.5, 0.6) is 0 Å². The molecule has 0 amide bonds. The van der Waals surface area contributed by atoms with E-state index in [1.54, 1.807) is 18.0 Å². The molecule has 1 rings (SSSR count). The summed E-state index contributed by atoms with van der Waals surface area (Å²) < 4.78 is 4.60. The molecule has 0 aliphatic heterocycles. The number of aryl methyl sites for hydroxylation is 1. The van der Waals surface area contributed by atoms with Crippen molar-refractivity contribution in [3.63, 3.8) is 0 Å². The van der Waals surface area contributed by atoms with Crippen molar-refractivity contribution >= 4 is 23.7 Å². The van der Waals surface area contributed by atoms with E-state index in [2.05, 4.69) is 26.9 Å². The van der Waals surface area contributed by atoms with Gasteiger partial charge in [0.25, 0.3) is 0 Å². The van der Waals surface area contributed by atoms with E-state index in [4.69, 9.17) is 0 Å². The van der Waals surface area contributed by atoms with Crippen LogP contribution in [0.4, 0.5) is 5.95 Å². The average Bonchev–Trinajstić information content (AvgIpc) is 2.39. The van der Waals surface area contributed by atoms with Crippen LogP contribution in [-0.4, -0.2) is 35.3 Å². The summed E-state index contributed by atoms with van der Waals surface area (Å²) in [6, 6.07) is 0. The van der Waals surface area contributed by atoms with Gasteiger partial charge < -0.3 is 10.1 Å². The Morgan fingerprint density at radius 3 is 3.00 bits per heavy atom. The van der Waals surface area contributed by atoms with Crippen LogP contribution in [0.1, 0.15) is 25.3 Å². The number of nitrogens with zero attached hydrogens (tertiary/aromatic N) is 2. The smallest absolute Gasteiger partial charge is 0.306 e. The number of rotatable bonds is 7. The second kappa shape index (κ2) is 7.92. The minimum absolute atomic E-state index is 0.196. The molecule has 5 nitrogen and oxygen atoms in total. The van der Waals surface area contributed by atoms with Crippen LogP contribution in [0, 0.1) is 6.92 Å². The number of ether oxygens (including phenoxy) is 1. The van der Waals surface area contributed by atoms with Crippen molar-refractivity contribution in [3.05, 3.63) is 11.8 Å². The first-order chi connectivity index (χ1) is 8.67. The van der Waals surface area contributed by atoms with Crippen LogP contribution in [0.25, 0.3) is 0 Å². The van der Waals surface area contributed by atoms with Crippen LogP contribution in [0.15, 0.2) is 11.2 Å². The average molecular weight is 269 g/mol. The quantitative estimate of drug-likeness (QED) is 0.465. The number of methoxy groups -OCH3 is 1. The second-order valence-electron chi connectivity index (χ2n) is 3.78. The van der Waals surface area contributed by atoms with E-state index in [1.807, 2.05) is 6.92 Å². The van der Waals surface area contributed by atoms with Crippen molar-refractivity contribution in [1.29, 1.82) is 0 Å². The SMILES string of the molecule is CCCNc1ncc(C)c(SCCC(=O)OC)n1. The van der Waals surface area contributed by atoms with Crippen LogP contribution in [0.2, 0.25) is 0 Å². The fourth-order valence-electron chi connectivity index (χ4n) is 1.23. The van der Waals surface area contributed by atoms with Crippen LogP contribution >= 0.6 is 11.8 Å². The Hall–Kier alpha value is -1.30. The molecule has 0 unspecified atom stereocenters. The van der Waals surface area contributed by atoms with Gasteiger partial charge >= 0.3 is 5.97 Å². The molecule has 1 N–H and O–H groups in total. The van der Waals surface area contributed by atoms with E-state index < -0.39 is 0 Å². The molecule has 0 radical (unpaired) electrons. The van der Waals surface area contributed by atoms with Gasteiger partial charge in [0.1, 0.15) is 5.03 Å². The number of esters is 1. The molecule has 1 heterocycles. The lowest BCUT2D eigenvalue weighted by Gasteiger charge is -2.07. The van der Waals surface area contributed by atoms with Gasteiger partial charge in [-0.3, -0.25) is 4.79 Å². The summed E-state index contributed by atoms with van der Waals surface area (Å²) in [5, 5.41) is 4.05. The molecule has 6 heteroatoms. The summed E-state index contributed by atoms with van der Waals surface area (Å²) in [6.07, 6.45) is 3.22. The Morgan fingerprint density at radius 1 is 1.56 bits per heavy atom. The zero-order valence-corrected chi connectivity index (χ0v) is 11.8. The number of hydrogen-bond acceptors (Lipinski definition) is 6. The highest BCUT2D eigenvalue weighted by molar-refractivity contribution is 7.99. The minimum Gasteiger partial charge on any atom is -0.469 e. The number of thioether (sulfide) groups is 1. The minimum atomic E-state index is -0.196. The van der Waals surface area contributed by atoms with E-state index in [-0.39, 0.29) is 5.97 Å². The monoisotopic (exact) mass is 269 g/mol. The molecular formula is C12H19N3O2S. The van der Waals surface area contributed by atoms with Crippen molar-refractivity contribution in [2.75, 3.05) is 24.7 Å². The van der Waals surface area contributed by atoms with Gasteiger partial charge in [0.15, 0.2) is 0 Å². The normalized spacial score (nSPS) is 10.2. The third kappa shape index (κ3) is 4.91. The van der Waals surface area contributed by atoms with Crippen molar-refractivity contribution in [3.8, 4) is 0 Å². The molecule has 0 atom stereocenters. The third-order valence-corrected chi connectivity index (χ3v) is 3.33. The fourth-order valence-corrected chi connectivity index (χ4v) is 2.12. The number of anilines is 1. The van der Waals surface area contributed by atoms with Gasteiger partial charge in [-0.25, -0.2) is 9.97 Å². The number of carbonyl (C=O) groups excluding carboxylic acids is 1. The fraction of sp³-hybridized carbons (Fsp3) is 0.583. The van der Waals surface area contributed by atoms with Gasteiger partial charge in [-0.2, -0.15) is 0 Å². The molecule has 1 aromatic heterocycles. The lowest BCUT2D eigenvalue weighted by Crippen LogP contribution is -2.06. The van der Waals surface area contributed by atoms with Crippen LogP contribution in [-0.2, 0) is 9.53 Å². The molecule has 0 saturated heterocycles. The molecule has 0 bridgehead atoms. The number of carbonyl (C=O) groups is 1. The molecule has 0 saturated carbocycles. The number of nitrogens with one attached hydrogen (secondary N) is 1. The number of aromatic nitrogens is 2. The largest absolute Gasteiger partial charge is 0.469 e. The van der Waals surface area contributed by atoms with Crippen LogP contribution in [0.3, 0.4) is 0 Å². The van der Waals surface area contributed by atoms with Gasteiger partial charge in [0, 0.05) is 18.5 Å². The molecule has 100 valence electrons. The maximum absolute atomic E-state index is 11.0. The molecule has 1 aromatic rings. The summed E-state index contributed by atoms with van der Waals surface area (Å²) in [7, 11) is 1.40. The van der Waals surface area contributed by atoms with Crippen molar-refractivity contribution in [2.24, 2.45) is 0 Å². The van der Waals surface area contributed by atoms with E-state index in [9.17, 15) is 4.79 Å². The Bertz CT molecular complexity index is 399. The van der Waals surface area contributed by atoms with Gasteiger partial charge in [0.05, 0.1) is 13.5 Å². The first-order valence-electron chi connectivity index (χ1n) is 5.94. The molecule has 0 spiro atoms. The van der Waals surface area contributed by atoms with E-state index >= 15 is 0 Å². The van der Waals surface area contributed by atoms with Gasteiger partial charge in [-0.1, -0.05) is 6.92 Å². The Labute approximate surface area is 112 Å². The Morgan fingerprint density at radius 2 is 2.33 bits per heavy atom. The highest BCUT2D eigenvalue weighted by Crippen LogP contribution is 2.21. The predicted octanol–water partition coefficient (Wildman–Crippen LogP) is 2.26. The summed E-state index contributed by atoms with van der Waals surface area (Å²) in [4.78, 5) is 19.6. The second-order valence-corrected chi connectivity index (χ2v) is 4.87. The predicted molar refractivity (Wildman–Crippen MR) is 72.9 cm³/mol. The van der Waals surface area contributed by atoms with E-state index in [0.717, 1.165) is 23.6 Å². The summed E-state index contributed by atoms with van der Waals surface area (Å²) in [5.74, 6) is 1.11. The Kier molecular flexibility index (Phi) is 6.49. The third-order valence-electron chi connectivity index (χ3n) is 2.23. The maximum Gasteiger partial charge on any atom is 0.306 e. The molecule has 0 fully saturated rings. The molecule has 0 aliphatic carbocycles. The van der Waals surface area contributed by atoms with Crippen LogP contribution < -0.4 is 5.32 Å². The van der Waals surface area contributed by atoms with Crippen molar-refractivity contribution in [1.82, 2.24) is 9.97 Å². The summed E-state index contributed by atoms with van der Waals surface area (Å²) >= 11 is 1.55. The molecule has 0 aliphatic rings. The maximum atomic E-state index is 11.0. The van der Waals surface area contributed by atoms with E-state index in [0.29, 0.717) is 18.1 Å². The summed E-state index contributed by atoms with van der Waals surface area (Å²) in [5.41, 5.74) is 1.02. The van der Waals surface area contributed by atoms with Crippen molar-refractivity contribution < 1.29 is 9.53 Å². The first-order valence-corrected chi connectivity index (χ1v) is 6.93. The first kappa shape index (κ1) is 14.8. The van der Waals surface area contributed by atoms with Gasteiger partial charge in [-0.15, -0.1) is 11.8 Å². The van der Waals surface area contributed by atoms with E-state index in [1.165, 1.54) is 7.11 Å². The zero-order chi connectivity index (χ0) is 13.4. The van der Waals surface area contributed by atoms with Crippen molar-refractivity contribution in [2.45, 2.75) is 31.7 Å². The zero-order valence-electron chi connectivity index (χ0n) is 11.0. The van der Waals surface area contributed by atoms with Gasteiger partial charge in [0.2, 0.25) is 5.95 Å². The Balaban J connectivity index is 2.55. The molecule has 0 aromatic carbocycles. The molecular weight excluding hydrogens is 250 g/mol. The number of hydrogen-bond donors (Lipinski definition) is 1. The topological polar surface area (TPSA) is 64.1 Å².